The Labute approximate surface area is 182 Å². The van der Waals surface area contributed by atoms with Crippen molar-refractivity contribution in [3.63, 3.8) is 0 Å². The molecule has 1 fully saturated rings. The van der Waals surface area contributed by atoms with Crippen molar-refractivity contribution < 1.29 is 4.74 Å². The van der Waals surface area contributed by atoms with E-state index in [1.54, 1.807) is 0 Å². The molecule has 2 aromatic heterocycles. The molecule has 1 aliphatic heterocycles. The van der Waals surface area contributed by atoms with Crippen LogP contribution < -0.4 is 21.5 Å². The fourth-order valence-electron chi connectivity index (χ4n) is 4.56. The van der Waals surface area contributed by atoms with E-state index < -0.39 is 0 Å². The first-order chi connectivity index (χ1) is 15.0. The van der Waals surface area contributed by atoms with E-state index in [2.05, 4.69) is 33.2 Å². The predicted molar refractivity (Wildman–Crippen MR) is 127 cm³/mol. The summed E-state index contributed by atoms with van der Waals surface area (Å²) in [5.41, 5.74) is 10.6. The van der Waals surface area contributed by atoms with Crippen LogP contribution in [0.25, 0.3) is 10.8 Å². The van der Waals surface area contributed by atoms with Crippen LogP contribution in [0, 0.1) is 13.8 Å². The molecule has 0 bridgehead atoms. The van der Waals surface area contributed by atoms with Crippen LogP contribution in [0.15, 0.2) is 35.3 Å². The number of aryl methyl sites for hydroxylation is 2. The molecule has 3 aromatic rings. The highest BCUT2D eigenvalue weighted by atomic mass is 16.5. The molecule has 7 nitrogen and oxygen atoms in total. The summed E-state index contributed by atoms with van der Waals surface area (Å²) < 4.78 is 5.56. The number of H-pyrrole nitrogens is 1. The summed E-state index contributed by atoms with van der Waals surface area (Å²) >= 11 is 0. The number of hydrogen-bond donors (Lipinski definition) is 3. The van der Waals surface area contributed by atoms with Crippen LogP contribution >= 0.6 is 0 Å². The normalized spacial score (nSPS) is 14.7. The molecule has 1 aliphatic rings. The SMILES string of the molecule is CCN(c1cc(N)cc2c(NCc3c(C)cc(C)[nH]c3=O)nccc12)C1CCOCC1. The van der Waals surface area contributed by atoms with Crippen LogP contribution in [0.2, 0.25) is 0 Å². The molecule has 0 amide bonds. The first kappa shape index (κ1) is 21.2. The molecule has 3 heterocycles. The minimum Gasteiger partial charge on any atom is -0.399 e. The van der Waals surface area contributed by atoms with Crippen molar-refractivity contribution in [2.24, 2.45) is 0 Å². The van der Waals surface area contributed by atoms with Gasteiger partial charge in [0.15, 0.2) is 0 Å². The molecular weight excluding hydrogens is 390 g/mol. The Balaban J connectivity index is 1.71. The number of nitrogens with zero attached hydrogens (tertiary/aromatic N) is 2. The van der Waals surface area contributed by atoms with Crippen molar-refractivity contribution in [1.29, 1.82) is 0 Å². The zero-order chi connectivity index (χ0) is 22.0. The molecule has 4 rings (SSSR count). The maximum Gasteiger partial charge on any atom is 0.253 e. The van der Waals surface area contributed by atoms with Crippen LogP contribution in [0.4, 0.5) is 17.2 Å². The van der Waals surface area contributed by atoms with Gasteiger partial charge in [0.2, 0.25) is 0 Å². The van der Waals surface area contributed by atoms with Crippen LogP contribution in [-0.2, 0) is 11.3 Å². The minimum absolute atomic E-state index is 0.0675. The average molecular weight is 422 g/mol. The van der Waals surface area contributed by atoms with Gasteiger partial charge in [-0.3, -0.25) is 4.79 Å². The number of fused-ring (bicyclic) bond motifs is 1. The van der Waals surface area contributed by atoms with Gasteiger partial charge in [0.25, 0.3) is 5.56 Å². The second kappa shape index (κ2) is 8.98. The van der Waals surface area contributed by atoms with Gasteiger partial charge in [0.1, 0.15) is 5.82 Å². The van der Waals surface area contributed by atoms with Gasteiger partial charge in [0.05, 0.1) is 0 Å². The van der Waals surface area contributed by atoms with Crippen LogP contribution in [0.5, 0.6) is 0 Å². The van der Waals surface area contributed by atoms with Crippen molar-refractivity contribution >= 4 is 28.0 Å². The highest BCUT2D eigenvalue weighted by Crippen LogP contribution is 2.35. The number of aromatic amines is 1. The van der Waals surface area contributed by atoms with E-state index in [1.807, 2.05) is 38.2 Å². The number of hydrogen-bond acceptors (Lipinski definition) is 6. The summed E-state index contributed by atoms with van der Waals surface area (Å²) in [5.74, 6) is 0.730. The first-order valence-corrected chi connectivity index (χ1v) is 10.9. The van der Waals surface area contributed by atoms with Gasteiger partial charge in [-0.05, 0) is 63.4 Å². The van der Waals surface area contributed by atoms with Crippen molar-refractivity contribution in [2.45, 2.75) is 46.2 Å². The lowest BCUT2D eigenvalue weighted by molar-refractivity contribution is 0.0847. The molecule has 31 heavy (non-hydrogen) atoms. The van der Waals surface area contributed by atoms with Gasteiger partial charge in [-0.15, -0.1) is 0 Å². The van der Waals surface area contributed by atoms with Gasteiger partial charge >= 0.3 is 0 Å². The molecule has 7 heteroatoms. The van der Waals surface area contributed by atoms with Crippen LogP contribution in [0.3, 0.4) is 0 Å². The fourth-order valence-corrected chi connectivity index (χ4v) is 4.56. The number of ether oxygens (including phenoxy) is 1. The molecule has 1 aromatic carbocycles. The smallest absolute Gasteiger partial charge is 0.253 e. The molecule has 164 valence electrons. The summed E-state index contributed by atoms with van der Waals surface area (Å²) in [5, 5.41) is 5.44. The number of nitrogens with one attached hydrogen (secondary N) is 2. The quantitative estimate of drug-likeness (QED) is 0.525. The van der Waals surface area contributed by atoms with Crippen molar-refractivity contribution in [2.75, 3.05) is 35.7 Å². The van der Waals surface area contributed by atoms with E-state index in [-0.39, 0.29) is 5.56 Å². The lowest BCUT2D eigenvalue weighted by Gasteiger charge is -2.36. The summed E-state index contributed by atoms with van der Waals surface area (Å²) in [6.45, 7) is 8.90. The Morgan fingerprint density at radius 1 is 1.23 bits per heavy atom. The highest BCUT2D eigenvalue weighted by molar-refractivity contribution is 6.02. The Bertz CT molecular complexity index is 1130. The number of aromatic nitrogens is 2. The number of nitrogen functional groups attached to an aromatic ring is 1. The fraction of sp³-hybridized carbons (Fsp3) is 0.417. The van der Waals surface area contributed by atoms with Gasteiger partial charge < -0.3 is 25.7 Å². The van der Waals surface area contributed by atoms with Crippen molar-refractivity contribution in [3.8, 4) is 0 Å². The Morgan fingerprint density at radius 3 is 2.71 bits per heavy atom. The molecule has 0 aliphatic carbocycles. The Hall–Kier alpha value is -3.06. The molecule has 4 N–H and O–H groups in total. The van der Waals surface area contributed by atoms with Crippen molar-refractivity contribution in [1.82, 2.24) is 9.97 Å². The molecule has 0 radical (unpaired) electrons. The van der Waals surface area contributed by atoms with E-state index >= 15 is 0 Å². The molecule has 0 unspecified atom stereocenters. The van der Waals surface area contributed by atoms with Gasteiger partial charge in [-0.1, -0.05) is 0 Å². The topological polar surface area (TPSA) is 96.3 Å². The third-order valence-corrected chi connectivity index (χ3v) is 6.09. The molecule has 0 atom stereocenters. The standard InChI is InChI=1S/C24H31N5O2/c1-4-29(18-6-9-31-10-7-18)22-13-17(25)12-20-19(22)5-8-26-23(20)27-14-21-15(2)11-16(3)28-24(21)30/h5,8,11-13,18H,4,6-7,9-10,14,25H2,1-3H3,(H,26,27)(H,28,30). The summed E-state index contributed by atoms with van der Waals surface area (Å²) in [6.07, 6.45) is 3.83. The van der Waals surface area contributed by atoms with E-state index in [9.17, 15) is 4.79 Å². The maximum atomic E-state index is 12.4. The van der Waals surface area contributed by atoms with Gasteiger partial charge in [-0.25, -0.2) is 4.98 Å². The van der Waals surface area contributed by atoms with E-state index in [0.717, 1.165) is 66.1 Å². The van der Waals surface area contributed by atoms with Gasteiger partial charge in [-0.2, -0.15) is 0 Å². The second-order valence-electron chi connectivity index (χ2n) is 8.22. The predicted octanol–water partition coefficient (Wildman–Crippen LogP) is 3.74. The number of benzene rings is 1. The third-order valence-electron chi connectivity index (χ3n) is 6.09. The average Bonchev–Trinajstić information content (AvgIpc) is 2.74. The number of pyridine rings is 2. The van der Waals surface area contributed by atoms with Crippen LogP contribution in [-0.4, -0.2) is 35.8 Å². The van der Waals surface area contributed by atoms with E-state index in [4.69, 9.17) is 10.5 Å². The summed E-state index contributed by atoms with van der Waals surface area (Å²) in [7, 11) is 0. The van der Waals surface area contributed by atoms with E-state index in [1.165, 1.54) is 0 Å². The van der Waals surface area contributed by atoms with Gasteiger partial charge in [0, 0.05) is 71.9 Å². The zero-order valence-corrected chi connectivity index (χ0v) is 18.5. The number of nitrogens with two attached hydrogens (primary N) is 1. The van der Waals surface area contributed by atoms with Crippen LogP contribution in [0.1, 0.15) is 36.6 Å². The molecule has 0 saturated carbocycles. The number of rotatable bonds is 6. The molecular formula is C24H31N5O2. The second-order valence-corrected chi connectivity index (χ2v) is 8.22. The lowest BCUT2D eigenvalue weighted by atomic mass is 10.0. The summed E-state index contributed by atoms with van der Waals surface area (Å²) in [6, 6.07) is 8.47. The van der Waals surface area contributed by atoms with E-state index in [0.29, 0.717) is 23.8 Å². The zero-order valence-electron chi connectivity index (χ0n) is 18.5. The third kappa shape index (κ3) is 4.37. The summed E-state index contributed by atoms with van der Waals surface area (Å²) in [4.78, 5) is 22.3. The highest BCUT2D eigenvalue weighted by Gasteiger charge is 2.23. The molecule has 0 spiro atoms. The Kier molecular flexibility index (Phi) is 6.13. The minimum atomic E-state index is -0.0675. The monoisotopic (exact) mass is 421 g/mol. The maximum absolute atomic E-state index is 12.4. The number of anilines is 3. The largest absolute Gasteiger partial charge is 0.399 e. The Morgan fingerprint density at radius 2 is 2.00 bits per heavy atom. The van der Waals surface area contributed by atoms with Crippen molar-refractivity contribution in [3.05, 3.63) is 57.6 Å². The lowest BCUT2D eigenvalue weighted by Crippen LogP contribution is -2.39. The molecule has 1 saturated heterocycles. The first-order valence-electron chi connectivity index (χ1n) is 10.9.